The van der Waals surface area contributed by atoms with Gasteiger partial charge in [0.1, 0.15) is 0 Å². The minimum absolute atomic E-state index is 0.111. The van der Waals surface area contributed by atoms with Gasteiger partial charge < -0.3 is 10.1 Å². The molecule has 1 saturated heterocycles. The first-order chi connectivity index (χ1) is 14.4. The molecule has 2 N–H and O–H groups in total. The Hall–Kier alpha value is -2.55. The van der Waals surface area contributed by atoms with Crippen molar-refractivity contribution in [2.24, 2.45) is 5.10 Å². The van der Waals surface area contributed by atoms with E-state index in [0.717, 1.165) is 5.56 Å². The molecule has 0 bridgehead atoms. The Morgan fingerprint density at radius 2 is 1.93 bits per heavy atom. The number of hydrogen-bond acceptors (Lipinski definition) is 6. The van der Waals surface area contributed by atoms with Gasteiger partial charge in [0.15, 0.2) is 5.11 Å². The van der Waals surface area contributed by atoms with Gasteiger partial charge in [0.2, 0.25) is 10.0 Å². The molecule has 0 spiro atoms. The van der Waals surface area contributed by atoms with Gasteiger partial charge in [0, 0.05) is 13.1 Å². The molecule has 2 aromatic carbocycles. The van der Waals surface area contributed by atoms with E-state index in [-0.39, 0.29) is 10.0 Å². The molecule has 0 unspecified atom stereocenters. The fraction of sp³-hybridized carbons (Fsp3) is 0.211. The summed E-state index contributed by atoms with van der Waals surface area (Å²) in [6.45, 7) is 1.34. The van der Waals surface area contributed by atoms with Crippen LogP contribution in [0.5, 0.6) is 0 Å². The van der Waals surface area contributed by atoms with Crippen LogP contribution in [0, 0.1) is 11.3 Å². The smallest absolute Gasteiger partial charge is 0.243 e. The van der Waals surface area contributed by atoms with E-state index < -0.39 is 10.0 Å². The SMILES string of the molecule is N#Cc1ccc(/C=N\NC(=S)Nc2cc(S(=O)(=O)N3CCOCC3)ccc2Cl)cc1. The molecule has 0 radical (unpaired) electrons. The van der Waals surface area contributed by atoms with E-state index in [1.54, 1.807) is 24.3 Å². The summed E-state index contributed by atoms with van der Waals surface area (Å²) in [7, 11) is -3.66. The first kappa shape index (κ1) is 22.1. The Kier molecular flexibility index (Phi) is 7.36. The highest BCUT2D eigenvalue weighted by atomic mass is 35.5. The fourth-order valence-electron chi connectivity index (χ4n) is 2.66. The predicted molar refractivity (Wildman–Crippen MR) is 119 cm³/mol. The van der Waals surface area contributed by atoms with Gasteiger partial charge in [-0.2, -0.15) is 14.7 Å². The van der Waals surface area contributed by atoms with Crippen LogP contribution in [0.1, 0.15) is 11.1 Å². The molecular formula is C19H18ClN5O3S2. The lowest BCUT2D eigenvalue weighted by Crippen LogP contribution is -2.40. The molecule has 0 saturated carbocycles. The predicted octanol–water partition coefficient (Wildman–Crippen LogP) is 2.55. The number of ether oxygens (including phenoxy) is 1. The lowest BCUT2D eigenvalue weighted by Gasteiger charge is -2.26. The molecule has 0 atom stereocenters. The minimum atomic E-state index is -3.66. The highest BCUT2D eigenvalue weighted by Gasteiger charge is 2.26. The van der Waals surface area contributed by atoms with E-state index in [4.69, 9.17) is 33.8 Å². The standard InChI is InChI=1S/C19H18ClN5O3S2/c20-17-6-5-16(30(26,27)25-7-9-28-10-8-25)11-18(17)23-19(29)24-22-13-15-3-1-14(12-21)2-4-15/h1-6,11,13H,7-10H2,(H2,23,24,29)/b22-13-. The third kappa shape index (κ3) is 5.53. The van der Waals surface area contributed by atoms with Crippen LogP contribution in [0.3, 0.4) is 0 Å². The summed E-state index contributed by atoms with van der Waals surface area (Å²) < 4.78 is 32.2. The Morgan fingerprint density at radius 1 is 1.23 bits per heavy atom. The molecule has 1 heterocycles. The summed E-state index contributed by atoms with van der Waals surface area (Å²) in [5, 5.41) is 16.1. The summed E-state index contributed by atoms with van der Waals surface area (Å²) in [5.41, 5.74) is 4.32. The highest BCUT2D eigenvalue weighted by Crippen LogP contribution is 2.27. The molecule has 1 aliphatic rings. The van der Waals surface area contributed by atoms with Gasteiger partial charge in [0.05, 0.1) is 46.7 Å². The third-order valence-corrected chi connectivity index (χ3v) is 6.63. The van der Waals surface area contributed by atoms with Gasteiger partial charge in [-0.1, -0.05) is 23.7 Å². The van der Waals surface area contributed by atoms with Crippen LogP contribution < -0.4 is 10.7 Å². The molecular weight excluding hydrogens is 446 g/mol. The first-order valence-corrected chi connectivity index (χ1v) is 11.1. The monoisotopic (exact) mass is 463 g/mol. The number of anilines is 1. The zero-order valence-corrected chi connectivity index (χ0v) is 18.1. The van der Waals surface area contributed by atoms with Gasteiger partial charge >= 0.3 is 0 Å². The quantitative estimate of drug-likeness (QED) is 0.398. The van der Waals surface area contributed by atoms with Crippen molar-refractivity contribution in [2.45, 2.75) is 4.90 Å². The molecule has 1 fully saturated rings. The molecule has 11 heteroatoms. The lowest BCUT2D eigenvalue weighted by molar-refractivity contribution is 0.0730. The van der Waals surface area contributed by atoms with Crippen molar-refractivity contribution in [3.8, 4) is 6.07 Å². The number of thiocarbonyl (C=S) groups is 1. The number of morpholine rings is 1. The molecule has 30 heavy (non-hydrogen) atoms. The van der Waals surface area contributed by atoms with E-state index in [2.05, 4.69) is 15.8 Å². The maximum absolute atomic E-state index is 12.8. The summed E-state index contributed by atoms with van der Waals surface area (Å²) in [6.07, 6.45) is 1.54. The van der Waals surface area contributed by atoms with Crippen molar-refractivity contribution in [1.29, 1.82) is 5.26 Å². The van der Waals surface area contributed by atoms with Crippen LogP contribution in [-0.2, 0) is 14.8 Å². The molecule has 0 amide bonds. The van der Waals surface area contributed by atoms with E-state index in [1.807, 2.05) is 6.07 Å². The number of halogens is 1. The summed E-state index contributed by atoms with van der Waals surface area (Å²) in [6, 6.07) is 13.3. The molecule has 0 aromatic heterocycles. The van der Waals surface area contributed by atoms with E-state index in [1.165, 1.54) is 28.7 Å². The van der Waals surface area contributed by atoms with Crippen molar-refractivity contribution in [3.05, 3.63) is 58.6 Å². The maximum atomic E-state index is 12.8. The van der Waals surface area contributed by atoms with Gasteiger partial charge in [-0.25, -0.2) is 8.42 Å². The normalized spacial score (nSPS) is 14.9. The van der Waals surface area contributed by atoms with Gasteiger partial charge in [-0.3, -0.25) is 5.43 Å². The summed E-state index contributed by atoms with van der Waals surface area (Å²) >= 11 is 11.4. The second kappa shape index (κ2) is 9.97. The lowest BCUT2D eigenvalue weighted by atomic mass is 10.2. The van der Waals surface area contributed by atoms with E-state index in [0.29, 0.717) is 42.6 Å². The number of nitrogens with one attached hydrogen (secondary N) is 2. The third-order valence-electron chi connectivity index (χ3n) is 4.21. The van der Waals surface area contributed by atoms with Crippen molar-refractivity contribution in [2.75, 3.05) is 31.6 Å². The van der Waals surface area contributed by atoms with Crippen molar-refractivity contribution < 1.29 is 13.2 Å². The maximum Gasteiger partial charge on any atom is 0.243 e. The summed E-state index contributed by atoms with van der Waals surface area (Å²) in [4.78, 5) is 0.111. The van der Waals surface area contributed by atoms with E-state index in [9.17, 15) is 8.42 Å². The molecule has 2 aromatic rings. The zero-order valence-electron chi connectivity index (χ0n) is 15.7. The van der Waals surface area contributed by atoms with Crippen LogP contribution in [0.2, 0.25) is 5.02 Å². The van der Waals surface area contributed by atoms with Crippen molar-refractivity contribution in [3.63, 3.8) is 0 Å². The highest BCUT2D eigenvalue weighted by molar-refractivity contribution is 7.89. The Balaban J connectivity index is 1.66. The number of rotatable bonds is 5. The fourth-order valence-corrected chi connectivity index (χ4v) is 4.42. The number of hydrazone groups is 1. The van der Waals surface area contributed by atoms with Crippen LogP contribution in [0.4, 0.5) is 5.69 Å². The van der Waals surface area contributed by atoms with Gasteiger partial charge in [-0.05, 0) is 48.1 Å². The van der Waals surface area contributed by atoms with Crippen LogP contribution >= 0.6 is 23.8 Å². The second-order valence-electron chi connectivity index (χ2n) is 6.22. The van der Waals surface area contributed by atoms with Crippen LogP contribution in [-0.4, -0.2) is 50.4 Å². The molecule has 8 nitrogen and oxygen atoms in total. The number of hydrogen-bond donors (Lipinski definition) is 2. The topological polar surface area (TPSA) is 107 Å². The average molecular weight is 464 g/mol. The van der Waals surface area contributed by atoms with Crippen LogP contribution in [0.25, 0.3) is 0 Å². The van der Waals surface area contributed by atoms with Gasteiger partial charge in [-0.15, -0.1) is 0 Å². The second-order valence-corrected chi connectivity index (χ2v) is 8.97. The van der Waals surface area contributed by atoms with E-state index >= 15 is 0 Å². The minimum Gasteiger partial charge on any atom is -0.379 e. The number of nitriles is 1. The van der Waals surface area contributed by atoms with Crippen molar-refractivity contribution >= 4 is 50.9 Å². The molecule has 156 valence electrons. The zero-order chi connectivity index (χ0) is 21.6. The summed E-state index contributed by atoms with van der Waals surface area (Å²) in [5.74, 6) is 0. The Morgan fingerprint density at radius 3 is 2.60 bits per heavy atom. The molecule has 0 aliphatic carbocycles. The number of sulfonamides is 1. The number of nitrogens with zero attached hydrogens (tertiary/aromatic N) is 3. The number of benzene rings is 2. The largest absolute Gasteiger partial charge is 0.379 e. The van der Waals surface area contributed by atoms with Crippen molar-refractivity contribution in [1.82, 2.24) is 9.73 Å². The molecule has 1 aliphatic heterocycles. The first-order valence-electron chi connectivity index (χ1n) is 8.88. The molecule has 3 rings (SSSR count). The Labute approximate surface area is 185 Å². The Bertz CT molecular complexity index is 1090. The van der Waals surface area contributed by atoms with Crippen LogP contribution in [0.15, 0.2) is 52.5 Å². The average Bonchev–Trinajstić information content (AvgIpc) is 2.76. The van der Waals surface area contributed by atoms with Gasteiger partial charge in [0.25, 0.3) is 0 Å².